The molecule has 0 atom stereocenters. The van der Waals surface area contributed by atoms with Gasteiger partial charge in [-0.05, 0) is 30.5 Å². The zero-order valence-corrected chi connectivity index (χ0v) is 12.7. The lowest BCUT2D eigenvalue weighted by Gasteiger charge is -1.96. The molecule has 0 radical (unpaired) electrons. The molecular weight excluding hydrogens is 310 g/mol. The van der Waals surface area contributed by atoms with Gasteiger partial charge in [0.15, 0.2) is 0 Å². The lowest BCUT2D eigenvalue weighted by atomic mass is 10.1. The zero-order chi connectivity index (χ0) is 14.0. The average molecular weight is 329 g/mol. The summed E-state index contributed by atoms with van der Waals surface area (Å²) in [4.78, 5) is 19.8. The van der Waals surface area contributed by atoms with Gasteiger partial charge in [-0.15, -0.1) is 24.8 Å². The van der Waals surface area contributed by atoms with Gasteiger partial charge in [-0.25, -0.2) is 4.39 Å². The number of aliphatic carboxylic acids is 2. The number of halogens is 3. The lowest BCUT2D eigenvalue weighted by molar-refractivity contribution is -0.138. The molecule has 7 heteroatoms. The highest BCUT2D eigenvalue weighted by Gasteiger charge is 1.98. The summed E-state index contributed by atoms with van der Waals surface area (Å²) < 4.78 is 12.4. The minimum Gasteiger partial charge on any atom is -0.481 e. The van der Waals surface area contributed by atoms with E-state index in [9.17, 15) is 14.0 Å². The SMILES string of the molecule is CCCC(=O)O.Cl.Cl.O=C(O)CCc1ccc(F)cc1. The molecule has 0 heterocycles. The molecule has 1 aromatic rings. The smallest absolute Gasteiger partial charge is 0.303 e. The number of carbonyl (C=O) groups is 2. The summed E-state index contributed by atoms with van der Waals surface area (Å²) >= 11 is 0. The molecule has 1 aromatic carbocycles. The summed E-state index contributed by atoms with van der Waals surface area (Å²) in [5, 5.41) is 16.3. The molecule has 2 N–H and O–H groups in total. The summed E-state index contributed by atoms with van der Waals surface area (Å²) in [7, 11) is 0. The van der Waals surface area contributed by atoms with E-state index in [2.05, 4.69) is 0 Å². The molecule has 0 aromatic heterocycles. The maximum atomic E-state index is 12.4. The summed E-state index contributed by atoms with van der Waals surface area (Å²) in [5.74, 6) is -1.84. The van der Waals surface area contributed by atoms with Gasteiger partial charge in [0.25, 0.3) is 0 Å². The quantitative estimate of drug-likeness (QED) is 0.866. The second-order valence-electron chi connectivity index (χ2n) is 3.66. The molecular formula is C13H19Cl2FO4. The molecule has 0 fully saturated rings. The lowest BCUT2D eigenvalue weighted by Crippen LogP contribution is -1.97. The molecule has 0 aliphatic heterocycles. The van der Waals surface area contributed by atoms with Crippen molar-refractivity contribution in [2.45, 2.75) is 32.6 Å². The van der Waals surface area contributed by atoms with Gasteiger partial charge in [0.1, 0.15) is 5.82 Å². The Morgan fingerprint density at radius 1 is 1.00 bits per heavy atom. The molecule has 0 saturated carbocycles. The Labute approximate surface area is 129 Å². The number of carboxylic acid groups (broad SMARTS) is 2. The Kier molecular flexibility index (Phi) is 16.7. The number of hydrogen-bond donors (Lipinski definition) is 2. The van der Waals surface area contributed by atoms with Crippen LogP contribution in [0.25, 0.3) is 0 Å². The van der Waals surface area contributed by atoms with Crippen molar-refractivity contribution in [3.8, 4) is 0 Å². The van der Waals surface area contributed by atoms with Crippen LogP contribution >= 0.6 is 24.8 Å². The van der Waals surface area contributed by atoms with Crippen molar-refractivity contribution >= 4 is 36.8 Å². The number of carboxylic acids is 2. The third kappa shape index (κ3) is 14.7. The van der Waals surface area contributed by atoms with Gasteiger partial charge >= 0.3 is 11.9 Å². The van der Waals surface area contributed by atoms with E-state index in [1.165, 1.54) is 12.1 Å². The molecule has 0 unspecified atom stereocenters. The molecule has 1 rings (SSSR count). The van der Waals surface area contributed by atoms with E-state index in [1.807, 2.05) is 6.92 Å². The first-order valence-corrected chi connectivity index (χ1v) is 5.63. The number of hydrogen-bond acceptors (Lipinski definition) is 2. The Bertz CT molecular complexity index is 382. The average Bonchev–Trinajstić information content (AvgIpc) is 2.29. The Morgan fingerprint density at radius 3 is 1.75 bits per heavy atom. The van der Waals surface area contributed by atoms with Gasteiger partial charge in [-0.3, -0.25) is 9.59 Å². The predicted octanol–water partition coefficient (Wildman–Crippen LogP) is 3.56. The molecule has 0 aliphatic rings. The van der Waals surface area contributed by atoms with Gasteiger partial charge in [0.2, 0.25) is 0 Å². The summed E-state index contributed by atoms with van der Waals surface area (Å²) in [5.41, 5.74) is 0.846. The van der Waals surface area contributed by atoms with Crippen LogP contribution in [0, 0.1) is 5.82 Å². The van der Waals surface area contributed by atoms with Gasteiger partial charge < -0.3 is 10.2 Å². The van der Waals surface area contributed by atoms with E-state index in [-0.39, 0.29) is 37.1 Å². The number of rotatable bonds is 5. The van der Waals surface area contributed by atoms with E-state index in [0.29, 0.717) is 12.8 Å². The second-order valence-corrected chi connectivity index (χ2v) is 3.66. The molecule has 0 amide bonds. The van der Waals surface area contributed by atoms with Gasteiger partial charge in [0.05, 0.1) is 0 Å². The van der Waals surface area contributed by atoms with Crippen LogP contribution in [0.1, 0.15) is 31.7 Å². The van der Waals surface area contributed by atoms with E-state index in [4.69, 9.17) is 10.2 Å². The molecule has 0 bridgehead atoms. The van der Waals surface area contributed by atoms with E-state index >= 15 is 0 Å². The van der Waals surface area contributed by atoms with Crippen molar-refractivity contribution in [2.24, 2.45) is 0 Å². The summed E-state index contributed by atoms with van der Waals surface area (Å²) in [6.45, 7) is 1.84. The largest absolute Gasteiger partial charge is 0.481 e. The Morgan fingerprint density at radius 2 is 1.45 bits per heavy atom. The van der Waals surface area contributed by atoms with Crippen LogP contribution in [0.3, 0.4) is 0 Å². The van der Waals surface area contributed by atoms with E-state index in [0.717, 1.165) is 12.0 Å². The third-order valence-corrected chi connectivity index (χ3v) is 2.00. The zero-order valence-electron chi connectivity index (χ0n) is 11.0. The van der Waals surface area contributed by atoms with Gasteiger partial charge in [-0.2, -0.15) is 0 Å². The Balaban J connectivity index is -0.000000316. The van der Waals surface area contributed by atoms with Crippen molar-refractivity contribution in [3.63, 3.8) is 0 Å². The van der Waals surface area contributed by atoms with E-state index < -0.39 is 11.9 Å². The maximum Gasteiger partial charge on any atom is 0.303 e. The monoisotopic (exact) mass is 328 g/mol. The Hall–Kier alpha value is -1.33. The van der Waals surface area contributed by atoms with Crippen LogP contribution in [0.5, 0.6) is 0 Å². The number of aryl methyl sites for hydroxylation is 1. The van der Waals surface area contributed by atoms with Crippen LogP contribution in [-0.4, -0.2) is 22.2 Å². The van der Waals surface area contributed by atoms with Crippen molar-refractivity contribution in [3.05, 3.63) is 35.6 Å². The topological polar surface area (TPSA) is 74.6 Å². The summed E-state index contributed by atoms with van der Waals surface area (Å²) in [6.07, 6.45) is 1.57. The molecule has 0 aliphatic carbocycles. The first-order chi connectivity index (χ1) is 8.45. The highest BCUT2D eigenvalue weighted by Crippen LogP contribution is 2.04. The van der Waals surface area contributed by atoms with Crippen LogP contribution in [0.4, 0.5) is 4.39 Å². The van der Waals surface area contributed by atoms with Gasteiger partial charge in [-0.1, -0.05) is 19.1 Å². The fourth-order valence-corrected chi connectivity index (χ4v) is 1.12. The van der Waals surface area contributed by atoms with Crippen molar-refractivity contribution in [2.75, 3.05) is 0 Å². The van der Waals surface area contributed by atoms with Gasteiger partial charge in [0, 0.05) is 12.8 Å². The molecule has 4 nitrogen and oxygen atoms in total. The summed E-state index contributed by atoms with van der Waals surface area (Å²) in [6, 6.07) is 5.85. The van der Waals surface area contributed by atoms with Crippen LogP contribution < -0.4 is 0 Å². The highest BCUT2D eigenvalue weighted by atomic mass is 35.5. The standard InChI is InChI=1S/C9H9FO2.C4H8O2.2ClH/c10-8-4-1-7(2-5-8)3-6-9(11)12;1-2-3-4(5)6;;/h1-2,4-5H,3,6H2,(H,11,12);2-3H2,1H3,(H,5,6);2*1H. The minimum absolute atomic E-state index is 0. The van der Waals surface area contributed by atoms with Crippen LogP contribution in [0.15, 0.2) is 24.3 Å². The van der Waals surface area contributed by atoms with Crippen molar-refractivity contribution < 1.29 is 24.2 Å². The molecule has 0 saturated heterocycles. The second kappa shape index (κ2) is 14.1. The van der Waals surface area contributed by atoms with E-state index in [1.54, 1.807) is 12.1 Å². The predicted molar refractivity (Wildman–Crippen MR) is 79.4 cm³/mol. The first-order valence-electron chi connectivity index (χ1n) is 5.63. The first kappa shape index (κ1) is 23.7. The molecule has 116 valence electrons. The van der Waals surface area contributed by atoms with Crippen LogP contribution in [-0.2, 0) is 16.0 Å². The van der Waals surface area contributed by atoms with Crippen LogP contribution in [0.2, 0.25) is 0 Å². The fraction of sp³-hybridized carbons (Fsp3) is 0.385. The fourth-order valence-electron chi connectivity index (χ4n) is 1.12. The normalized spacial score (nSPS) is 8.30. The highest BCUT2D eigenvalue weighted by molar-refractivity contribution is 5.85. The van der Waals surface area contributed by atoms with Crippen molar-refractivity contribution in [1.82, 2.24) is 0 Å². The van der Waals surface area contributed by atoms with Crippen molar-refractivity contribution in [1.29, 1.82) is 0 Å². The minimum atomic E-state index is -0.834. The molecule has 20 heavy (non-hydrogen) atoms. The third-order valence-electron chi connectivity index (χ3n) is 2.00. The maximum absolute atomic E-state index is 12.4. The number of benzene rings is 1. The molecule has 0 spiro atoms.